The summed E-state index contributed by atoms with van der Waals surface area (Å²) in [5.41, 5.74) is 2.82. The van der Waals surface area contributed by atoms with Gasteiger partial charge in [-0.1, -0.05) is 6.92 Å². The van der Waals surface area contributed by atoms with Gasteiger partial charge in [0.15, 0.2) is 5.82 Å². The van der Waals surface area contributed by atoms with Crippen LogP contribution in [0.4, 0.5) is 10.1 Å². The molecular weight excluding hydrogens is 423 g/mol. The lowest BCUT2D eigenvalue weighted by Crippen LogP contribution is -2.64. The minimum absolute atomic E-state index is 0.147. The highest BCUT2D eigenvalue weighted by Gasteiger charge is 2.43. The highest BCUT2D eigenvalue weighted by atomic mass is 19.1. The van der Waals surface area contributed by atoms with Gasteiger partial charge in [0, 0.05) is 45.0 Å². The lowest BCUT2D eigenvalue weighted by molar-refractivity contribution is 0.0658. The van der Waals surface area contributed by atoms with Crippen LogP contribution in [-0.4, -0.2) is 58.0 Å². The summed E-state index contributed by atoms with van der Waals surface area (Å²) in [6.45, 7) is 4.18. The van der Waals surface area contributed by atoms with E-state index < -0.39 is 5.82 Å². The van der Waals surface area contributed by atoms with Gasteiger partial charge in [0.25, 0.3) is 11.5 Å². The third kappa shape index (κ3) is 3.76. The summed E-state index contributed by atoms with van der Waals surface area (Å²) in [6.07, 6.45) is 6.03. The van der Waals surface area contributed by atoms with E-state index in [1.165, 1.54) is 0 Å². The second-order valence-corrected chi connectivity index (χ2v) is 8.70. The SMILES string of the molecule is CCc1c(F)c2ncc(CN3CCN(c4ccc(C(=O)NC)nc4)[C@H]4CC[C@H]43)cc2[nH]c1=O. The Labute approximate surface area is 190 Å². The number of halogens is 1. The molecule has 0 unspecified atom stereocenters. The standard InChI is InChI=1S/C24H27FN6O2/c1-3-16-21(25)22-18(29-23(16)32)10-14(11-28-22)13-30-8-9-31(20-7-6-19(20)30)15-4-5-17(27-12-15)24(33)26-2/h4-5,10-12,19-20H,3,6-9,13H2,1-2H3,(H,26,33)(H,29,32)/t19-,20+/m1/s1. The van der Waals surface area contributed by atoms with E-state index in [0.717, 1.165) is 37.2 Å². The number of H-pyrrole nitrogens is 1. The predicted molar refractivity (Wildman–Crippen MR) is 124 cm³/mol. The van der Waals surface area contributed by atoms with Crippen molar-refractivity contribution in [3.05, 3.63) is 63.6 Å². The molecule has 1 saturated heterocycles. The number of carbonyl (C=O) groups excluding carboxylic acids is 1. The van der Waals surface area contributed by atoms with Crippen molar-refractivity contribution in [1.82, 2.24) is 25.2 Å². The summed E-state index contributed by atoms with van der Waals surface area (Å²) in [5, 5.41) is 2.59. The maximum absolute atomic E-state index is 14.6. The van der Waals surface area contributed by atoms with Crippen molar-refractivity contribution in [1.29, 1.82) is 0 Å². The van der Waals surface area contributed by atoms with E-state index in [2.05, 4.69) is 30.1 Å². The molecule has 1 amide bonds. The molecule has 8 nitrogen and oxygen atoms in total. The first-order valence-electron chi connectivity index (χ1n) is 11.4. The molecule has 0 spiro atoms. The average molecular weight is 451 g/mol. The molecule has 0 bridgehead atoms. The highest BCUT2D eigenvalue weighted by molar-refractivity contribution is 5.92. The van der Waals surface area contributed by atoms with Gasteiger partial charge >= 0.3 is 0 Å². The topological polar surface area (TPSA) is 94.2 Å². The zero-order valence-corrected chi connectivity index (χ0v) is 18.8. The second-order valence-electron chi connectivity index (χ2n) is 8.70. The summed E-state index contributed by atoms with van der Waals surface area (Å²) < 4.78 is 14.6. The fraction of sp³-hybridized carbons (Fsp3) is 0.417. The fourth-order valence-electron chi connectivity index (χ4n) is 5.01. The van der Waals surface area contributed by atoms with Crippen LogP contribution in [0.2, 0.25) is 0 Å². The van der Waals surface area contributed by atoms with E-state index >= 15 is 0 Å². The number of anilines is 1. The van der Waals surface area contributed by atoms with Gasteiger partial charge in [0.2, 0.25) is 0 Å². The van der Waals surface area contributed by atoms with E-state index in [-0.39, 0.29) is 22.5 Å². The van der Waals surface area contributed by atoms with E-state index in [4.69, 9.17) is 0 Å². The van der Waals surface area contributed by atoms with Crippen molar-refractivity contribution in [3.63, 3.8) is 0 Å². The lowest BCUT2D eigenvalue weighted by atomic mass is 9.81. The van der Waals surface area contributed by atoms with Crippen LogP contribution in [0.25, 0.3) is 11.0 Å². The Bertz CT molecular complexity index is 1260. The van der Waals surface area contributed by atoms with Crippen molar-refractivity contribution in [3.8, 4) is 0 Å². The van der Waals surface area contributed by atoms with E-state index in [9.17, 15) is 14.0 Å². The molecule has 2 aliphatic rings. The molecule has 33 heavy (non-hydrogen) atoms. The summed E-state index contributed by atoms with van der Waals surface area (Å²) in [5.74, 6) is -0.712. The number of nitrogens with one attached hydrogen (secondary N) is 2. The first kappa shape index (κ1) is 21.5. The molecule has 5 rings (SSSR count). The third-order valence-electron chi connectivity index (χ3n) is 6.92. The van der Waals surface area contributed by atoms with Gasteiger partial charge in [0.05, 0.1) is 23.0 Å². The van der Waals surface area contributed by atoms with Gasteiger partial charge in [-0.25, -0.2) is 9.37 Å². The molecule has 0 radical (unpaired) electrons. The van der Waals surface area contributed by atoms with Crippen molar-refractivity contribution in [2.75, 3.05) is 25.0 Å². The fourth-order valence-corrected chi connectivity index (χ4v) is 5.01. The number of aromatic amines is 1. The summed E-state index contributed by atoms with van der Waals surface area (Å²) in [6, 6.07) is 6.37. The number of aromatic nitrogens is 3. The monoisotopic (exact) mass is 450 g/mol. The molecule has 1 aliphatic carbocycles. The number of pyridine rings is 3. The molecule has 0 aromatic carbocycles. The Morgan fingerprint density at radius 1 is 1.21 bits per heavy atom. The van der Waals surface area contributed by atoms with Gasteiger partial charge in [-0.15, -0.1) is 0 Å². The molecule has 2 N–H and O–H groups in total. The van der Waals surface area contributed by atoms with E-state index in [1.54, 1.807) is 32.4 Å². The highest BCUT2D eigenvalue weighted by Crippen LogP contribution is 2.37. The van der Waals surface area contributed by atoms with Crippen molar-refractivity contribution in [2.45, 2.75) is 44.8 Å². The number of rotatable bonds is 5. The minimum atomic E-state index is -0.522. The number of amides is 1. The largest absolute Gasteiger partial charge is 0.364 e. The predicted octanol–water partition coefficient (Wildman–Crippen LogP) is 2.23. The van der Waals surface area contributed by atoms with Crippen LogP contribution in [-0.2, 0) is 13.0 Å². The van der Waals surface area contributed by atoms with Crippen LogP contribution in [0.1, 0.15) is 41.4 Å². The van der Waals surface area contributed by atoms with Crippen molar-refractivity contribution >= 4 is 22.6 Å². The van der Waals surface area contributed by atoms with Crippen LogP contribution in [0.15, 0.2) is 35.4 Å². The van der Waals surface area contributed by atoms with Crippen LogP contribution < -0.4 is 15.8 Å². The maximum Gasteiger partial charge on any atom is 0.269 e. The van der Waals surface area contributed by atoms with Gasteiger partial charge < -0.3 is 15.2 Å². The molecule has 172 valence electrons. The van der Waals surface area contributed by atoms with E-state index in [0.29, 0.717) is 36.3 Å². The number of carbonyl (C=O) groups is 1. The zero-order valence-electron chi connectivity index (χ0n) is 18.8. The van der Waals surface area contributed by atoms with Crippen LogP contribution in [0, 0.1) is 5.82 Å². The Morgan fingerprint density at radius 2 is 2.03 bits per heavy atom. The number of hydrogen-bond acceptors (Lipinski definition) is 6. The Hall–Kier alpha value is -3.33. The average Bonchev–Trinajstić information content (AvgIpc) is 2.79. The van der Waals surface area contributed by atoms with Crippen molar-refractivity contribution < 1.29 is 9.18 Å². The molecule has 9 heteroatoms. The molecule has 3 aromatic rings. The van der Waals surface area contributed by atoms with Gasteiger partial charge in [-0.3, -0.25) is 19.5 Å². The van der Waals surface area contributed by atoms with E-state index in [1.807, 2.05) is 12.1 Å². The van der Waals surface area contributed by atoms with Gasteiger partial charge in [-0.05, 0) is 43.0 Å². The minimum Gasteiger partial charge on any atom is -0.364 e. The molecule has 2 fully saturated rings. The summed E-state index contributed by atoms with van der Waals surface area (Å²) >= 11 is 0. The molecule has 1 aliphatic heterocycles. The zero-order chi connectivity index (χ0) is 23.1. The number of fused-ring (bicyclic) bond motifs is 2. The lowest BCUT2D eigenvalue weighted by Gasteiger charge is -2.54. The van der Waals surface area contributed by atoms with Gasteiger partial charge in [0.1, 0.15) is 11.2 Å². The number of nitrogens with zero attached hydrogens (tertiary/aromatic N) is 4. The molecule has 2 atom stereocenters. The summed E-state index contributed by atoms with van der Waals surface area (Å²) in [7, 11) is 1.59. The van der Waals surface area contributed by atoms with Crippen molar-refractivity contribution in [2.24, 2.45) is 0 Å². The maximum atomic E-state index is 14.6. The third-order valence-corrected chi connectivity index (χ3v) is 6.92. The van der Waals surface area contributed by atoms with Crippen LogP contribution in [0.5, 0.6) is 0 Å². The second kappa shape index (κ2) is 8.55. The van der Waals surface area contributed by atoms with Gasteiger partial charge in [-0.2, -0.15) is 0 Å². The Kier molecular flexibility index (Phi) is 5.57. The first-order chi connectivity index (χ1) is 16.0. The molecule has 4 heterocycles. The number of piperazine rings is 1. The smallest absolute Gasteiger partial charge is 0.269 e. The molecule has 1 saturated carbocycles. The Balaban J connectivity index is 1.32. The molecule has 3 aromatic heterocycles. The normalized spacial score (nSPS) is 20.4. The van der Waals surface area contributed by atoms with Crippen LogP contribution in [0.3, 0.4) is 0 Å². The quantitative estimate of drug-likeness (QED) is 0.619. The number of hydrogen-bond donors (Lipinski definition) is 2. The van der Waals surface area contributed by atoms with Crippen LogP contribution >= 0.6 is 0 Å². The summed E-state index contributed by atoms with van der Waals surface area (Å²) in [4.78, 5) is 40.2. The Morgan fingerprint density at radius 3 is 2.70 bits per heavy atom. The first-order valence-corrected chi connectivity index (χ1v) is 11.4. The molecular formula is C24H27FN6O2.